The molecule has 3 aromatic rings. The molecule has 116 valence electrons. The Hall–Kier alpha value is -2.54. The average Bonchev–Trinajstić information content (AvgIpc) is 2.56. The van der Waals surface area contributed by atoms with Crippen molar-refractivity contribution >= 4 is 0 Å². The van der Waals surface area contributed by atoms with E-state index in [1.807, 2.05) is 42.5 Å². The Morgan fingerprint density at radius 1 is 0.696 bits per heavy atom. The molecule has 0 amide bonds. The minimum atomic E-state index is 0.130. The van der Waals surface area contributed by atoms with Crippen LogP contribution >= 0.6 is 0 Å². The number of hydrogen-bond donors (Lipinski definition) is 0. The first-order valence-electron chi connectivity index (χ1n) is 7.97. The minimum absolute atomic E-state index is 0.130. The number of hydrogen-bond acceptors (Lipinski definition) is 1. The van der Waals surface area contributed by atoms with Gasteiger partial charge in [0.2, 0.25) is 0 Å². The van der Waals surface area contributed by atoms with E-state index in [9.17, 15) is 0 Å². The minimum Gasteiger partial charge on any atom is -0.457 e. The molecular weight excluding hydrogens is 280 g/mol. The van der Waals surface area contributed by atoms with Crippen LogP contribution in [0.15, 0.2) is 78.9 Å². The van der Waals surface area contributed by atoms with Crippen LogP contribution in [0.3, 0.4) is 0 Å². The van der Waals surface area contributed by atoms with Gasteiger partial charge in [-0.3, -0.25) is 0 Å². The Labute approximate surface area is 138 Å². The third kappa shape index (κ3) is 3.62. The standard InChI is InChI=1S/C22H22O/c1-22(2,3)18-11-9-10-17(16-18)20-14-7-8-15-21(20)23-19-12-5-4-6-13-19/h4-16H,1-3H3. The molecule has 1 heteroatoms. The summed E-state index contributed by atoms with van der Waals surface area (Å²) in [6.07, 6.45) is 0. The molecule has 0 aliphatic heterocycles. The van der Waals surface area contributed by atoms with Gasteiger partial charge in [-0.2, -0.15) is 0 Å². The van der Waals surface area contributed by atoms with Crippen LogP contribution in [0.25, 0.3) is 11.1 Å². The normalized spacial score (nSPS) is 11.3. The molecule has 3 rings (SSSR count). The lowest BCUT2D eigenvalue weighted by Gasteiger charge is -2.20. The highest BCUT2D eigenvalue weighted by molar-refractivity contribution is 5.71. The van der Waals surface area contributed by atoms with Crippen molar-refractivity contribution in [2.75, 3.05) is 0 Å². The quantitative estimate of drug-likeness (QED) is 0.540. The molecule has 0 heterocycles. The molecule has 0 aliphatic rings. The van der Waals surface area contributed by atoms with Crippen molar-refractivity contribution < 1.29 is 4.74 Å². The highest BCUT2D eigenvalue weighted by Gasteiger charge is 2.15. The molecular formula is C22H22O. The van der Waals surface area contributed by atoms with Gasteiger partial charge in [-0.05, 0) is 34.7 Å². The number of rotatable bonds is 3. The second-order valence-electron chi connectivity index (χ2n) is 6.74. The molecule has 0 spiro atoms. The van der Waals surface area contributed by atoms with Crippen molar-refractivity contribution in [2.45, 2.75) is 26.2 Å². The molecule has 0 bridgehead atoms. The van der Waals surface area contributed by atoms with E-state index in [1.165, 1.54) is 11.1 Å². The molecule has 0 saturated heterocycles. The predicted octanol–water partition coefficient (Wildman–Crippen LogP) is 6.44. The summed E-state index contributed by atoms with van der Waals surface area (Å²) in [6, 6.07) is 26.8. The summed E-state index contributed by atoms with van der Waals surface area (Å²) in [6.45, 7) is 6.70. The van der Waals surface area contributed by atoms with Crippen molar-refractivity contribution in [3.8, 4) is 22.6 Å². The Morgan fingerprint density at radius 2 is 1.39 bits per heavy atom. The van der Waals surface area contributed by atoms with E-state index >= 15 is 0 Å². The summed E-state index contributed by atoms with van der Waals surface area (Å²) in [7, 11) is 0. The lowest BCUT2D eigenvalue weighted by Crippen LogP contribution is -2.10. The summed E-state index contributed by atoms with van der Waals surface area (Å²) in [5, 5.41) is 0. The topological polar surface area (TPSA) is 9.23 Å². The Kier molecular flexibility index (Phi) is 4.20. The summed E-state index contributed by atoms with van der Waals surface area (Å²) in [5.41, 5.74) is 3.75. The van der Waals surface area contributed by atoms with Gasteiger partial charge < -0.3 is 4.74 Å². The summed E-state index contributed by atoms with van der Waals surface area (Å²) in [5.74, 6) is 1.73. The zero-order valence-corrected chi connectivity index (χ0v) is 13.9. The van der Waals surface area contributed by atoms with Crippen LogP contribution in [0.2, 0.25) is 0 Å². The van der Waals surface area contributed by atoms with E-state index in [0.29, 0.717) is 0 Å². The van der Waals surface area contributed by atoms with E-state index in [4.69, 9.17) is 4.74 Å². The van der Waals surface area contributed by atoms with E-state index in [-0.39, 0.29) is 5.41 Å². The van der Waals surface area contributed by atoms with E-state index < -0.39 is 0 Å². The van der Waals surface area contributed by atoms with E-state index in [1.54, 1.807) is 0 Å². The maximum Gasteiger partial charge on any atom is 0.135 e. The third-order valence-corrected chi connectivity index (χ3v) is 3.90. The number of ether oxygens (including phenoxy) is 1. The molecule has 3 aromatic carbocycles. The fourth-order valence-electron chi connectivity index (χ4n) is 2.56. The lowest BCUT2D eigenvalue weighted by atomic mass is 9.85. The number of benzene rings is 3. The smallest absolute Gasteiger partial charge is 0.135 e. The first-order valence-corrected chi connectivity index (χ1v) is 7.97. The van der Waals surface area contributed by atoms with Crippen LogP contribution in [0, 0.1) is 0 Å². The molecule has 0 aliphatic carbocycles. The second-order valence-corrected chi connectivity index (χ2v) is 6.74. The van der Waals surface area contributed by atoms with Crippen LogP contribution < -0.4 is 4.74 Å². The fraction of sp³-hybridized carbons (Fsp3) is 0.182. The number of para-hydroxylation sites is 2. The summed E-state index contributed by atoms with van der Waals surface area (Å²) >= 11 is 0. The Balaban J connectivity index is 2.01. The van der Waals surface area contributed by atoms with Crippen LogP contribution in [-0.4, -0.2) is 0 Å². The van der Waals surface area contributed by atoms with Crippen molar-refractivity contribution in [1.29, 1.82) is 0 Å². The van der Waals surface area contributed by atoms with Crippen molar-refractivity contribution in [1.82, 2.24) is 0 Å². The van der Waals surface area contributed by atoms with Gasteiger partial charge in [-0.25, -0.2) is 0 Å². The molecule has 0 unspecified atom stereocenters. The zero-order valence-electron chi connectivity index (χ0n) is 13.9. The molecule has 0 aromatic heterocycles. The molecule has 0 atom stereocenters. The van der Waals surface area contributed by atoms with Gasteiger partial charge in [0.25, 0.3) is 0 Å². The second kappa shape index (κ2) is 6.29. The van der Waals surface area contributed by atoms with Crippen LogP contribution in [-0.2, 0) is 5.41 Å². The van der Waals surface area contributed by atoms with Gasteiger partial charge in [0.1, 0.15) is 11.5 Å². The van der Waals surface area contributed by atoms with E-state index in [0.717, 1.165) is 17.1 Å². The summed E-state index contributed by atoms with van der Waals surface area (Å²) < 4.78 is 6.09. The Bertz CT molecular complexity index is 782. The molecule has 23 heavy (non-hydrogen) atoms. The van der Waals surface area contributed by atoms with Gasteiger partial charge in [0.15, 0.2) is 0 Å². The van der Waals surface area contributed by atoms with Crippen molar-refractivity contribution in [2.24, 2.45) is 0 Å². The molecule has 0 fully saturated rings. The molecule has 0 radical (unpaired) electrons. The maximum atomic E-state index is 6.09. The van der Waals surface area contributed by atoms with Gasteiger partial charge in [0.05, 0.1) is 0 Å². The van der Waals surface area contributed by atoms with E-state index in [2.05, 4.69) is 57.2 Å². The molecule has 0 N–H and O–H groups in total. The lowest BCUT2D eigenvalue weighted by molar-refractivity contribution is 0.484. The van der Waals surface area contributed by atoms with Crippen molar-refractivity contribution in [3.05, 3.63) is 84.4 Å². The average molecular weight is 302 g/mol. The zero-order chi connectivity index (χ0) is 16.3. The maximum absolute atomic E-state index is 6.09. The SMILES string of the molecule is CC(C)(C)c1cccc(-c2ccccc2Oc2ccccc2)c1. The van der Waals surface area contributed by atoms with Crippen LogP contribution in [0.5, 0.6) is 11.5 Å². The van der Waals surface area contributed by atoms with Crippen LogP contribution in [0.4, 0.5) is 0 Å². The largest absolute Gasteiger partial charge is 0.457 e. The third-order valence-electron chi connectivity index (χ3n) is 3.90. The van der Waals surface area contributed by atoms with Gasteiger partial charge >= 0.3 is 0 Å². The van der Waals surface area contributed by atoms with Gasteiger partial charge in [-0.1, -0.05) is 81.4 Å². The molecule has 1 nitrogen and oxygen atoms in total. The first kappa shape index (κ1) is 15.4. The van der Waals surface area contributed by atoms with Gasteiger partial charge in [0, 0.05) is 5.56 Å². The monoisotopic (exact) mass is 302 g/mol. The Morgan fingerprint density at radius 3 is 2.13 bits per heavy atom. The predicted molar refractivity (Wildman–Crippen MR) is 97.1 cm³/mol. The highest BCUT2D eigenvalue weighted by Crippen LogP contribution is 2.35. The summed E-state index contributed by atoms with van der Waals surface area (Å²) in [4.78, 5) is 0. The first-order chi connectivity index (χ1) is 11.0. The van der Waals surface area contributed by atoms with Crippen molar-refractivity contribution in [3.63, 3.8) is 0 Å². The molecule has 0 saturated carbocycles. The van der Waals surface area contributed by atoms with Crippen LogP contribution in [0.1, 0.15) is 26.3 Å². The van der Waals surface area contributed by atoms with Gasteiger partial charge in [-0.15, -0.1) is 0 Å². The highest BCUT2D eigenvalue weighted by atomic mass is 16.5. The fourth-order valence-corrected chi connectivity index (χ4v) is 2.56.